The van der Waals surface area contributed by atoms with Gasteiger partial charge in [0.15, 0.2) is 0 Å². The molecule has 4 aromatic rings. The minimum Gasteiger partial charge on any atom is -0.396 e. The number of rotatable bonds is 52. The summed E-state index contributed by atoms with van der Waals surface area (Å²) >= 11 is 0. The topological polar surface area (TPSA) is 385 Å². The Morgan fingerprint density at radius 3 is 0.663 bits per heavy atom. The van der Waals surface area contributed by atoms with Crippen molar-refractivity contribution in [3.63, 3.8) is 0 Å². The Kier molecular flexibility index (Phi) is 39.1. The van der Waals surface area contributed by atoms with Crippen molar-refractivity contribution in [2.75, 3.05) is 243 Å². The predicted molar refractivity (Wildman–Crippen MR) is 377 cm³/mol. The summed E-state index contributed by atoms with van der Waals surface area (Å²) in [6, 6.07) is 33.5. The molecule has 554 valence electrons. The van der Waals surface area contributed by atoms with Crippen molar-refractivity contribution < 1.29 is 90.4 Å². The minimum atomic E-state index is -0.869. The highest BCUT2D eigenvalue weighted by atomic mass is 16.6. The zero-order valence-corrected chi connectivity index (χ0v) is 57.4. The second kappa shape index (κ2) is 46.6. The molecule has 4 aliphatic rings. The average Bonchev–Trinajstić information content (AvgIpc) is 1.40. The van der Waals surface area contributed by atoms with Gasteiger partial charge in [-0.2, -0.15) is 0 Å². The van der Waals surface area contributed by atoms with Crippen molar-refractivity contribution in [2.45, 2.75) is 80.6 Å². The Labute approximate surface area is 579 Å². The maximum atomic E-state index is 11.1. The van der Waals surface area contributed by atoms with E-state index in [1.807, 2.05) is 58.3 Å². The highest BCUT2D eigenvalue weighted by Gasteiger charge is 2.33. The van der Waals surface area contributed by atoms with E-state index in [1.165, 1.54) is 22.5 Å². The van der Waals surface area contributed by atoms with Crippen LogP contribution in [0.2, 0.25) is 0 Å². The molecule has 27 heteroatoms. The van der Waals surface area contributed by atoms with Crippen molar-refractivity contribution in [1.82, 2.24) is 19.6 Å². The maximum Gasteiger partial charge on any atom is 0.0984 e. The van der Waals surface area contributed by atoms with Crippen LogP contribution in [0, 0.1) is 0 Å². The first-order chi connectivity index (χ1) is 47.6. The zero-order valence-electron chi connectivity index (χ0n) is 57.4. The largest absolute Gasteiger partial charge is 0.396 e. The van der Waals surface area contributed by atoms with Crippen LogP contribution in [0.25, 0.3) is 0 Å². The summed E-state index contributed by atoms with van der Waals surface area (Å²) in [6.07, 6.45) is 0.750. The molecule has 8 atom stereocenters. The Balaban J connectivity index is 0.000000317. The molecule has 4 aliphatic heterocycles. The van der Waals surface area contributed by atoms with E-state index >= 15 is 0 Å². The molecule has 4 aromatic carbocycles. The summed E-state index contributed by atoms with van der Waals surface area (Å²) in [5.74, 6) is 0. The third kappa shape index (κ3) is 33.3. The van der Waals surface area contributed by atoms with Crippen LogP contribution in [0.1, 0.15) is 35.1 Å². The van der Waals surface area contributed by atoms with Crippen LogP contribution >= 0.6 is 0 Å². The van der Waals surface area contributed by atoms with Crippen molar-refractivity contribution in [3.05, 3.63) is 119 Å². The molecule has 4 fully saturated rings. The van der Waals surface area contributed by atoms with E-state index in [1.54, 1.807) is 19.6 Å². The normalized spacial score (nSPS) is 18.1. The minimum absolute atomic E-state index is 0.0370. The van der Waals surface area contributed by atoms with Crippen LogP contribution < -0.4 is 25.3 Å². The third-order valence-corrected chi connectivity index (χ3v) is 17.3. The van der Waals surface area contributed by atoms with Crippen LogP contribution in [0.3, 0.4) is 0 Å². The molecule has 98 heavy (non-hydrogen) atoms. The second-order valence-electron chi connectivity index (χ2n) is 25.9. The SMILES string of the molecule is NC(CCO)CCO.OCCN(CCO)CC(O)CN(CC(O)CN(CCO)CCO)c1ccc(Cc2ccc(N(CC(O)CN(CCO)CCO)CC(O)CN(CCO)CCO)cc2)cc1.c1cc(N(CC2CO2)CC2CO2)ccc1Cc1ccc(N(CC2CO2)CC2CO2)cc1. The molecule has 4 saturated heterocycles. The van der Waals surface area contributed by atoms with E-state index in [2.05, 4.69) is 58.3 Å². The molecule has 0 saturated carbocycles. The van der Waals surface area contributed by atoms with Gasteiger partial charge in [-0.25, -0.2) is 0 Å². The number of epoxide rings is 4. The van der Waals surface area contributed by atoms with Gasteiger partial charge < -0.3 is 116 Å². The summed E-state index contributed by atoms with van der Waals surface area (Å²) in [7, 11) is 0. The summed E-state index contributed by atoms with van der Waals surface area (Å²) in [5, 5.41) is 136. The quantitative estimate of drug-likeness (QED) is 0.0197. The van der Waals surface area contributed by atoms with Crippen LogP contribution in [-0.4, -0.2) is 369 Å². The number of aliphatic hydroxyl groups is 14. The third-order valence-electron chi connectivity index (χ3n) is 17.3. The van der Waals surface area contributed by atoms with Crippen LogP contribution in [0.4, 0.5) is 22.7 Å². The first-order valence-corrected chi connectivity index (χ1v) is 34.9. The fraction of sp³-hybridized carbons (Fsp3) is 0.662. The standard InChI is InChI=1S/C41H74N6O12.C25H30N2O4.C5H13NO2/c48-17-9-42(10-18-49)26-38(56)30-46(31-39(57)27-43(11-19-50)12-20-51)36-5-1-34(2-6-36)25-35-3-7-37(8-4-35)47(32-40(58)28-44(13-21-52)14-22-53)33-41(59)29-45(15-23-54)16-24-55;1-5-20(26(10-22-14-28-22)11-23-15-29-23)6-2-18(1)9-19-3-7-21(8-4-19)27(12-24-16-30-24)13-25-17-31-25;6-5(1-3-7)2-4-8/h1-8,38-41,48-59H,9-33H2;1-8,22-25H,9-17H2;5,7-8H,1-4,6H2. The maximum absolute atomic E-state index is 11.1. The fourth-order valence-electron chi connectivity index (χ4n) is 11.8. The predicted octanol–water partition coefficient (Wildman–Crippen LogP) is -2.96. The Hall–Kier alpha value is -4.84. The van der Waals surface area contributed by atoms with Gasteiger partial charge in [0.1, 0.15) is 0 Å². The number of anilines is 4. The van der Waals surface area contributed by atoms with E-state index in [0.717, 1.165) is 81.5 Å². The van der Waals surface area contributed by atoms with Gasteiger partial charge in [-0.15, -0.1) is 0 Å². The molecule has 8 rings (SSSR count). The lowest BCUT2D eigenvalue weighted by molar-refractivity contribution is 0.0788. The number of nitrogens with two attached hydrogens (primary N) is 1. The van der Waals surface area contributed by atoms with Crippen LogP contribution in [-0.2, 0) is 31.8 Å². The number of nitrogens with zero attached hydrogens (tertiary/aromatic N) is 8. The van der Waals surface area contributed by atoms with Gasteiger partial charge in [0.25, 0.3) is 0 Å². The summed E-state index contributed by atoms with van der Waals surface area (Å²) in [6.45, 7) is 10.4. The van der Waals surface area contributed by atoms with Gasteiger partial charge >= 0.3 is 0 Å². The smallest absolute Gasteiger partial charge is 0.0984 e. The molecule has 0 radical (unpaired) electrons. The summed E-state index contributed by atoms with van der Waals surface area (Å²) < 4.78 is 21.8. The van der Waals surface area contributed by atoms with Gasteiger partial charge in [-0.05, 0) is 96.5 Å². The van der Waals surface area contributed by atoms with E-state index in [0.29, 0.717) is 96.0 Å². The number of benzene rings is 4. The highest BCUT2D eigenvalue weighted by Crippen LogP contribution is 2.27. The number of hydrogen-bond donors (Lipinski definition) is 15. The molecule has 0 amide bonds. The van der Waals surface area contributed by atoms with Gasteiger partial charge in [-0.3, -0.25) is 19.6 Å². The molecular weight excluding hydrogens is 1270 g/mol. The lowest BCUT2D eigenvalue weighted by Gasteiger charge is -2.33. The van der Waals surface area contributed by atoms with Crippen molar-refractivity contribution >= 4 is 22.7 Å². The van der Waals surface area contributed by atoms with Gasteiger partial charge in [0, 0.05) is 173 Å². The van der Waals surface area contributed by atoms with Gasteiger partial charge in [-0.1, -0.05) is 48.5 Å². The fourth-order valence-corrected chi connectivity index (χ4v) is 11.8. The summed E-state index contributed by atoms with van der Waals surface area (Å²) in [4.78, 5) is 15.6. The molecule has 0 bridgehead atoms. The molecule has 0 aliphatic carbocycles. The number of hydrogen-bond acceptors (Lipinski definition) is 27. The molecule has 4 heterocycles. The van der Waals surface area contributed by atoms with Crippen LogP contribution in [0.5, 0.6) is 0 Å². The highest BCUT2D eigenvalue weighted by molar-refractivity contribution is 5.53. The molecule has 16 N–H and O–H groups in total. The second-order valence-corrected chi connectivity index (χ2v) is 25.9. The molecule has 8 unspecified atom stereocenters. The van der Waals surface area contributed by atoms with Crippen molar-refractivity contribution in [2.24, 2.45) is 5.73 Å². The first-order valence-electron chi connectivity index (χ1n) is 34.9. The molecule has 27 nitrogen and oxygen atoms in total. The van der Waals surface area contributed by atoms with Crippen molar-refractivity contribution in [3.8, 4) is 0 Å². The number of aliphatic hydroxyl groups excluding tert-OH is 14. The van der Waals surface area contributed by atoms with E-state index in [-0.39, 0.29) is 124 Å². The average molecular weight is 1380 g/mol. The van der Waals surface area contributed by atoms with Crippen LogP contribution in [0.15, 0.2) is 97.1 Å². The zero-order chi connectivity index (χ0) is 70.4. The van der Waals surface area contributed by atoms with E-state index in [4.69, 9.17) is 34.9 Å². The lowest BCUT2D eigenvalue weighted by atomic mass is 10.0. The van der Waals surface area contributed by atoms with Gasteiger partial charge in [0.2, 0.25) is 0 Å². The Morgan fingerprint density at radius 1 is 0.296 bits per heavy atom. The van der Waals surface area contributed by atoms with Gasteiger partial charge in [0.05, 0.1) is 128 Å². The number of ether oxygens (including phenoxy) is 4. The first kappa shape index (κ1) is 82.1. The Bertz CT molecular complexity index is 2370. The molecular formula is C71H117N9O18. The monoisotopic (exact) mass is 1380 g/mol. The van der Waals surface area contributed by atoms with E-state index in [9.17, 15) is 61.3 Å². The molecule has 0 aromatic heterocycles. The van der Waals surface area contributed by atoms with Crippen molar-refractivity contribution in [1.29, 1.82) is 0 Å². The van der Waals surface area contributed by atoms with E-state index < -0.39 is 24.4 Å². The Morgan fingerprint density at radius 2 is 0.490 bits per heavy atom. The molecule has 0 spiro atoms. The summed E-state index contributed by atoms with van der Waals surface area (Å²) in [5.41, 5.74) is 14.1. The lowest BCUT2D eigenvalue weighted by Crippen LogP contribution is -2.46.